The van der Waals surface area contributed by atoms with Gasteiger partial charge in [-0.3, -0.25) is 4.79 Å². The van der Waals surface area contributed by atoms with E-state index in [-0.39, 0.29) is 0 Å². The van der Waals surface area contributed by atoms with Crippen LogP contribution in [0.5, 0.6) is 0 Å². The third-order valence-corrected chi connectivity index (χ3v) is 4.08. The smallest absolute Gasteiger partial charge is 0.223 e. The van der Waals surface area contributed by atoms with E-state index in [9.17, 15) is 4.79 Å². The highest BCUT2D eigenvalue weighted by Crippen LogP contribution is 2.26. The summed E-state index contributed by atoms with van der Waals surface area (Å²) in [6.45, 7) is 7.85. The first-order chi connectivity index (χ1) is 9.70. The van der Waals surface area contributed by atoms with Crippen LogP contribution in [0.2, 0.25) is 0 Å². The Bertz CT molecular complexity index is 421. The molecule has 110 valence electrons. The van der Waals surface area contributed by atoms with E-state index < -0.39 is 0 Å². The van der Waals surface area contributed by atoms with E-state index >= 15 is 0 Å². The molecule has 2 rings (SSSR count). The first-order valence-electron chi connectivity index (χ1n) is 7.75. The normalized spacial score (nSPS) is 17.0. The van der Waals surface area contributed by atoms with Crippen LogP contribution in [0.3, 0.4) is 0 Å². The van der Waals surface area contributed by atoms with Crippen molar-refractivity contribution in [3.05, 3.63) is 35.4 Å². The van der Waals surface area contributed by atoms with Crippen molar-refractivity contribution in [3.63, 3.8) is 0 Å². The Morgan fingerprint density at radius 3 is 2.50 bits per heavy atom. The van der Waals surface area contributed by atoms with Crippen LogP contribution in [0, 0.1) is 6.92 Å². The fourth-order valence-corrected chi connectivity index (χ4v) is 2.83. The van der Waals surface area contributed by atoms with E-state index in [0.717, 1.165) is 39.0 Å². The maximum atomic E-state index is 12.4. The highest BCUT2D eigenvalue weighted by atomic mass is 16.2. The van der Waals surface area contributed by atoms with Gasteiger partial charge in [0.25, 0.3) is 0 Å². The molecule has 0 aliphatic carbocycles. The summed E-state index contributed by atoms with van der Waals surface area (Å²) < 4.78 is 0. The topological polar surface area (TPSA) is 32.3 Å². The molecular weight excluding hydrogens is 248 g/mol. The summed E-state index contributed by atoms with van der Waals surface area (Å²) >= 11 is 0. The molecule has 1 aromatic carbocycles. The van der Waals surface area contributed by atoms with E-state index in [1.54, 1.807) is 0 Å². The number of piperazine rings is 1. The fraction of sp³-hybridized carbons (Fsp3) is 0.588. The van der Waals surface area contributed by atoms with Crippen LogP contribution in [0.25, 0.3) is 0 Å². The number of nitrogens with one attached hydrogen (secondary N) is 1. The lowest BCUT2D eigenvalue weighted by atomic mass is 9.90. The highest BCUT2D eigenvalue weighted by Gasteiger charge is 2.21. The molecule has 1 aromatic rings. The summed E-state index contributed by atoms with van der Waals surface area (Å²) in [5.74, 6) is 0.675. The third-order valence-electron chi connectivity index (χ3n) is 4.08. The Morgan fingerprint density at radius 1 is 1.25 bits per heavy atom. The molecule has 1 fully saturated rings. The van der Waals surface area contributed by atoms with Crippen molar-refractivity contribution < 1.29 is 4.79 Å². The van der Waals surface area contributed by atoms with Gasteiger partial charge in [0.1, 0.15) is 0 Å². The maximum Gasteiger partial charge on any atom is 0.223 e. The first-order valence-corrected chi connectivity index (χ1v) is 7.75. The molecule has 0 aromatic heterocycles. The predicted octanol–water partition coefficient (Wildman–Crippen LogP) is 2.70. The number of benzene rings is 1. The SMILES string of the molecule is CCCC(CC(=O)N1CCNCC1)c1ccc(C)cc1. The summed E-state index contributed by atoms with van der Waals surface area (Å²) in [5, 5.41) is 3.29. The average Bonchev–Trinajstić information content (AvgIpc) is 2.48. The van der Waals surface area contributed by atoms with Crippen LogP contribution < -0.4 is 5.32 Å². The number of aryl methyl sites for hydroxylation is 1. The molecule has 1 aliphatic rings. The van der Waals surface area contributed by atoms with Crippen molar-refractivity contribution in [2.45, 2.75) is 39.0 Å². The van der Waals surface area contributed by atoms with E-state index in [1.165, 1.54) is 11.1 Å². The number of rotatable bonds is 5. The van der Waals surface area contributed by atoms with Gasteiger partial charge in [0, 0.05) is 32.6 Å². The van der Waals surface area contributed by atoms with Crippen molar-refractivity contribution in [1.82, 2.24) is 10.2 Å². The fourth-order valence-electron chi connectivity index (χ4n) is 2.83. The number of nitrogens with zero attached hydrogens (tertiary/aromatic N) is 1. The molecule has 1 saturated heterocycles. The van der Waals surface area contributed by atoms with Crippen molar-refractivity contribution in [1.29, 1.82) is 0 Å². The molecule has 1 amide bonds. The van der Waals surface area contributed by atoms with E-state index in [1.807, 2.05) is 4.90 Å². The Balaban J connectivity index is 2.01. The van der Waals surface area contributed by atoms with Gasteiger partial charge in [0.15, 0.2) is 0 Å². The van der Waals surface area contributed by atoms with Gasteiger partial charge in [0.2, 0.25) is 5.91 Å². The number of carbonyl (C=O) groups excluding carboxylic acids is 1. The molecule has 3 heteroatoms. The molecule has 0 saturated carbocycles. The van der Waals surface area contributed by atoms with Crippen LogP contribution in [-0.2, 0) is 4.79 Å². The van der Waals surface area contributed by atoms with Gasteiger partial charge >= 0.3 is 0 Å². The summed E-state index contributed by atoms with van der Waals surface area (Å²) in [6.07, 6.45) is 2.85. The van der Waals surface area contributed by atoms with Crippen LogP contribution in [-0.4, -0.2) is 37.0 Å². The second kappa shape index (κ2) is 7.44. The molecule has 1 N–H and O–H groups in total. The van der Waals surface area contributed by atoms with Crippen molar-refractivity contribution in [2.75, 3.05) is 26.2 Å². The van der Waals surface area contributed by atoms with Crippen LogP contribution in [0.1, 0.15) is 43.2 Å². The largest absolute Gasteiger partial charge is 0.340 e. The lowest BCUT2D eigenvalue weighted by Gasteiger charge is -2.29. The Hall–Kier alpha value is -1.35. The molecule has 0 bridgehead atoms. The van der Waals surface area contributed by atoms with Gasteiger partial charge in [-0.25, -0.2) is 0 Å². The number of hydrogen-bond acceptors (Lipinski definition) is 2. The monoisotopic (exact) mass is 274 g/mol. The molecule has 1 heterocycles. The van der Waals surface area contributed by atoms with Gasteiger partial charge in [0.05, 0.1) is 0 Å². The van der Waals surface area contributed by atoms with Crippen LogP contribution in [0.15, 0.2) is 24.3 Å². The van der Waals surface area contributed by atoms with Crippen molar-refractivity contribution in [3.8, 4) is 0 Å². The van der Waals surface area contributed by atoms with Gasteiger partial charge in [-0.2, -0.15) is 0 Å². The molecule has 20 heavy (non-hydrogen) atoms. The molecule has 0 radical (unpaired) electrons. The van der Waals surface area contributed by atoms with E-state index in [0.29, 0.717) is 18.2 Å². The predicted molar refractivity (Wildman–Crippen MR) is 82.9 cm³/mol. The van der Waals surface area contributed by atoms with Gasteiger partial charge < -0.3 is 10.2 Å². The number of amides is 1. The highest BCUT2D eigenvalue weighted by molar-refractivity contribution is 5.77. The van der Waals surface area contributed by atoms with Gasteiger partial charge in [-0.1, -0.05) is 43.2 Å². The van der Waals surface area contributed by atoms with Crippen molar-refractivity contribution >= 4 is 5.91 Å². The summed E-state index contributed by atoms with van der Waals surface area (Å²) in [7, 11) is 0. The minimum atomic E-state index is 0.311. The van der Waals surface area contributed by atoms with Gasteiger partial charge in [-0.15, -0.1) is 0 Å². The summed E-state index contributed by atoms with van der Waals surface area (Å²) in [6, 6.07) is 8.65. The number of hydrogen-bond donors (Lipinski definition) is 1. The molecule has 1 aliphatic heterocycles. The Kier molecular flexibility index (Phi) is 5.60. The lowest BCUT2D eigenvalue weighted by Crippen LogP contribution is -2.46. The summed E-state index contributed by atoms with van der Waals surface area (Å²) in [4.78, 5) is 14.4. The second-order valence-electron chi connectivity index (χ2n) is 5.73. The molecule has 3 nitrogen and oxygen atoms in total. The minimum absolute atomic E-state index is 0.311. The standard InChI is InChI=1S/C17H26N2O/c1-3-4-16(15-7-5-14(2)6-8-15)13-17(20)19-11-9-18-10-12-19/h5-8,16,18H,3-4,9-13H2,1-2H3. The molecule has 1 unspecified atom stereocenters. The number of carbonyl (C=O) groups is 1. The molecular formula is C17H26N2O. The Morgan fingerprint density at radius 2 is 1.90 bits per heavy atom. The summed E-state index contributed by atoms with van der Waals surface area (Å²) in [5.41, 5.74) is 2.58. The van der Waals surface area contributed by atoms with E-state index in [4.69, 9.17) is 0 Å². The minimum Gasteiger partial charge on any atom is -0.340 e. The van der Waals surface area contributed by atoms with Crippen LogP contribution >= 0.6 is 0 Å². The zero-order valence-electron chi connectivity index (χ0n) is 12.7. The zero-order valence-corrected chi connectivity index (χ0v) is 12.7. The average molecular weight is 274 g/mol. The zero-order chi connectivity index (χ0) is 14.4. The molecule has 1 atom stereocenters. The maximum absolute atomic E-state index is 12.4. The second-order valence-corrected chi connectivity index (χ2v) is 5.73. The van der Waals surface area contributed by atoms with Crippen LogP contribution in [0.4, 0.5) is 0 Å². The van der Waals surface area contributed by atoms with Crippen molar-refractivity contribution in [2.24, 2.45) is 0 Å². The quantitative estimate of drug-likeness (QED) is 0.895. The van der Waals surface area contributed by atoms with Gasteiger partial charge in [-0.05, 0) is 24.8 Å². The first kappa shape index (κ1) is 15.0. The third kappa shape index (κ3) is 4.07. The Labute approximate surface area is 122 Å². The lowest BCUT2D eigenvalue weighted by molar-refractivity contribution is -0.132. The molecule has 0 spiro atoms. The van der Waals surface area contributed by atoms with E-state index in [2.05, 4.69) is 43.4 Å².